The fourth-order valence-corrected chi connectivity index (χ4v) is 3.19. The number of halogens is 1. The van der Waals surface area contributed by atoms with Gasteiger partial charge < -0.3 is 0 Å². The zero-order chi connectivity index (χ0) is 14.0. The summed E-state index contributed by atoms with van der Waals surface area (Å²) in [6, 6.07) is 17.4. The average molecular weight is 317 g/mol. The Morgan fingerprint density at radius 1 is 0.947 bits per heavy atom. The van der Waals surface area contributed by atoms with Crippen molar-refractivity contribution in [2.75, 3.05) is 0 Å². The Hall–Kier alpha value is -1.08. The van der Waals surface area contributed by atoms with Crippen LogP contribution in [0.1, 0.15) is 40.9 Å². The van der Waals surface area contributed by atoms with Gasteiger partial charge in [-0.25, -0.2) is 0 Å². The van der Waals surface area contributed by atoms with Gasteiger partial charge in [0.05, 0.1) is 0 Å². The largest absolute Gasteiger partial charge is 0.0829 e. The maximum absolute atomic E-state index is 3.93. The Morgan fingerprint density at radius 3 is 2.21 bits per heavy atom. The molecule has 0 saturated carbocycles. The topological polar surface area (TPSA) is 0 Å². The van der Waals surface area contributed by atoms with Gasteiger partial charge in [-0.15, -0.1) is 0 Å². The van der Waals surface area contributed by atoms with Crippen molar-refractivity contribution in [3.63, 3.8) is 0 Å². The van der Waals surface area contributed by atoms with Crippen LogP contribution in [-0.2, 0) is 5.41 Å². The summed E-state index contributed by atoms with van der Waals surface area (Å²) in [6.45, 7) is 8.93. The number of hydrogen-bond donors (Lipinski definition) is 0. The minimum Gasteiger partial charge on any atom is -0.0829 e. The monoisotopic (exact) mass is 316 g/mol. The van der Waals surface area contributed by atoms with E-state index in [4.69, 9.17) is 0 Å². The van der Waals surface area contributed by atoms with E-state index >= 15 is 0 Å². The van der Waals surface area contributed by atoms with Gasteiger partial charge in [0.25, 0.3) is 0 Å². The van der Waals surface area contributed by atoms with Gasteiger partial charge in [0.15, 0.2) is 0 Å². The van der Waals surface area contributed by atoms with Crippen molar-refractivity contribution < 1.29 is 0 Å². The molecular weight excluding hydrogens is 296 g/mol. The Labute approximate surface area is 125 Å². The summed E-state index contributed by atoms with van der Waals surface area (Å²) >= 11 is 3.93. The lowest BCUT2D eigenvalue weighted by Gasteiger charge is -2.32. The van der Waals surface area contributed by atoms with Gasteiger partial charge in [0, 0.05) is 10.2 Å². The molecule has 0 amide bonds. The third-order valence-corrected chi connectivity index (χ3v) is 5.50. The van der Waals surface area contributed by atoms with Gasteiger partial charge >= 0.3 is 0 Å². The first-order chi connectivity index (χ1) is 8.93. The number of alkyl halides is 1. The first-order valence-corrected chi connectivity index (χ1v) is 7.61. The number of hydrogen-bond acceptors (Lipinski definition) is 0. The van der Waals surface area contributed by atoms with Gasteiger partial charge in [-0.05, 0) is 30.5 Å². The van der Waals surface area contributed by atoms with Gasteiger partial charge in [-0.2, -0.15) is 0 Å². The van der Waals surface area contributed by atoms with Crippen LogP contribution < -0.4 is 0 Å². The molecule has 1 heteroatoms. The second-order valence-corrected chi connectivity index (χ2v) is 6.73. The maximum atomic E-state index is 3.93. The smallest absolute Gasteiger partial charge is 0.0489 e. The summed E-state index contributed by atoms with van der Waals surface area (Å²) < 4.78 is 0. The molecule has 0 heterocycles. The van der Waals surface area contributed by atoms with E-state index in [2.05, 4.69) is 92.2 Å². The van der Waals surface area contributed by atoms with E-state index in [-0.39, 0.29) is 5.41 Å². The van der Waals surface area contributed by atoms with Gasteiger partial charge in [-0.1, -0.05) is 83.9 Å². The van der Waals surface area contributed by atoms with Crippen LogP contribution >= 0.6 is 15.9 Å². The molecule has 2 rings (SSSR count). The fourth-order valence-electron chi connectivity index (χ4n) is 2.44. The second-order valence-electron chi connectivity index (χ2n) is 5.81. The van der Waals surface area contributed by atoms with Crippen LogP contribution in [0.25, 0.3) is 0 Å². The molecule has 0 bridgehead atoms. The molecule has 0 aliphatic heterocycles. The zero-order valence-electron chi connectivity index (χ0n) is 12.1. The average Bonchev–Trinajstić information content (AvgIpc) is 2.41. The third kappa shape index (κ3) is 2.92. The standard InChI is InChI=1S/C18H21Br/c1-13-10-11-14(2)16(12-13)17(19)18(3,4)15-8-6-5-7-9-15/h5-12,17H,1-4H3. The molecule has 1 unspecified atom stereocenters. The molecule has 0 aliphatic carbocycles. The molecule has 100 valence electrons. The van der Waals surface area contributed by atoms with Crippen molar-refractivity contribution in [3.05, 3.63) is 70.8 Å². The quantitative estimate of drug-likeness (QED) is 0.635. The molecule has 1 atom stereocenters. The molecule has 0 fully saturated rings. The number of rotatable bonds is 3. The van der Waals surface area contributed by atoms with Crippen molar-refractivity contribution in [2.45, 2.75) is 37.9 Å². The van der Waals surface area contributed by atoms with Crippen LogP contribution in [0.4, 0.5) is 0 Å². The highest BCUT2D eigenvalue weighted by molar-refractivity contribution is 9.09. The van der Waals surface area contributed by atoms with E-state index in [1.807, 2.05) is 0 Å². The lowest BCUT2D eigenvalue weighted by atomic mass is 9.78. The Balaban J connectivity index is 2.43. The maximum Gasteiger partial charge on any atom is 0.0489 e. The first-order valence-electron chi connectivity index (χ1n) is 6.69. The first kappa shape index (κ1) is 14.3. The van der Waals surface area contributed by atoms with Crippen LogP contribution in [0.5, 0.6) is 0 Å². The normalized spacial score (nSPS) is 13.3. The number of aryl methyl sites for hydroxylation is 2. The van der Waals surface area contributed by atoms with E-state index in [0.29, 0.717) is 4.83 Å². The second kappa shape index (κ2) is 5.50. The Bertz CT molecular complexity index is 555. The van der Waals surface area contributed by atoms with Gasteiger partial charge in [-0.3, -0.25) is 0 Å². The highest BCUT2D eigenvalue weighted by Gasteiger charge is 2.31. The molecule has 0 aliphatic rings. The molecule has 0 spiro atoms. The van der Waals surface area contributed by atoms with Crippen molar-refractivity contribution in [1.29, 1.82) is 0 Å². The van der Waals surface area contributed by atoms with Crippen molar-refractivity contribution in [3.8, 4) is 0 Å². The summed E-state index contributed by atoms with van der Waals surface area (Å²) in [7, 11) is 0. The number of benzene rings is 2. The molecule has 0 radical (unpaired) electrons. The molecule has 0 saturated heterocycles. The zero-order valence-corrected chi connectivity index (χ0v) is 13.7. The van der Waals surface area contributed by atoms with Gasteiger partial charge in [0.1, 0.15) is 0 Å². The minimum absolute atomic E-state index is 0.0554. The fraction of sp³-hybridized carbons (Fsp3) is 0.333. The third-order valence-electron chi connectivity index (χ3n) is 3.86. The van der Waals surface area contributed by atoms with Crippen LogP contribution in [0.3, 0.4) is 0 Å². The highest BCUT2D eigenvalue weighted by atomic mass is 79.9. The van der Waals surface area contributed by atoms with E-state index in [0.717, 1.165) is 0 Å². The van der Waals surface area contributed by atoms with E-state index in [1.165, 1.54) is 22.3 Å². The molecule has 0 N–H and O–H groups in total. The van der Waals surface area contributed by atoms with Gasteiger partial charge in [0.2, 0.25) is 0 Å². The predicted octanol–water partition coefficient (Wildman–Crippen LogP) is 5.72. The summed E-state index contributed by atoms with van der Waals surface area (Å²) in [5, 5.41) is 0. The minimum atomic E-state index is 0.0554. The van der Waals surface area contributed by atoms with Crippen LogP contribution in [-0.4, -0.2) is 0 Å². The molecular formula is C18H21Br. The molecule has 19 heavy (non-hydrogen) atoms. The summed E-state index contributed by atoms with van der Waals surface area (Å²) in [5.41, 5.74) is 5.46. The summed E-state index contributed by atoms with van der Waals surface area (Å²) in [6.07, 6.45) is 0. The lowest BCUT2D eigenvalue weighted by molar-refractivity contribution is 0.516. The summed E-state index contributed by atoms with van der Waals surface area (Å²) in [4.78, 5) is 0.308. The van der Waals surface area contributed by atoms with Crippen molar-refractivity contribution in [2.24, 2.45) is 0 Å². The molecule has 2 aromatic carbocycles. The lowest BCUT2D eigenvalue weighted by Crippen LogP contribution is -2.23. The van der Waals surface area contributed by atoms with Crippen molar-refractivity contribution >= 4 is 15.9 Å². The van der Waals surface area contributed by atoms with E-state index < -0.39 is 0 Å². The Morgan fingerprint density at radius 2 is 1.58 bits per heavy atom. The highest BCUT2D eigenvalue weighted by Crippen LogP contribution is 2.44. The van der Waals surface area contributed by atoms with E-state index in [1.54, 1.807) is 0 Å². The predicted molar refractivity (Wildman–Crippen MR) is 87.1 cm³/mol. The van der Waals surface area contributed by atoms with Crippen LogP contribution in [0, 0.1) is 13.8 Å². The Kier molecular flexibility index (Phi) is 4.15. The summed E-state index contributed by atoms with van der Waals surface area (Å²) in [5.74, 6) is 0. The van der Waals surface area contributed by atoms with Crippen LogP contribution in [0.2, 0.25) is 0 Å². The van der Waals surface area contributed by atoms with Crippen LogP contribution in [0.15, 0.2) is 48.5 Å². The molecule has 0 aromatic heterocycles. The SMILES string of the molecule is Cc1ccc(C)c(C(Br)C(C)(C)c2ccccc2)c1. The molecule has 0 nitrogen and oxygen atoms in total. The van der Waals surface area contributed by atoms with Crippen molar-refractivity contribution in [1.82, 2.24) is 0 Å². The van der Waals surface area contributed by atoms with E-state index in [9.17, 15) is 0 Å². The molecule has 2 aromatic rings.